The zero-order valence-corrected chi connectivity index (χ0v) is 17.7. The van der Waals surface area contributed by atoms with Crippen molar-refractivity contribution in [2.75, 3.05) is 26.2 Å². The molecular formula is C20H17ClFN3O2S2. The van der Waals surface area contributed by atoms with E-state index in [2.05, 4.69) is 4.98 Å². The van der Waals surface area contributed by atoms with Gasteiger partial charge in [-0.1, -0.05) is 11.6 Å². The molecule has 1 saturated heterocycles. The van der Waals surface area contributed by atoms with Crippen molar-refractivity contribution in [1.82, 2.24) is 14.8 Å². The average molecular weight is 450 g/mol. The van der Waals surface area contributed by atoms with Crippen LogP contribution in [0.2, 0.25) is 5.02 Å². The van der Waals surface area contributed by atoms with Crippen LogP contribution in [-0.2, 0) is 11.2 Å². The minimum absolute atomic E-state index is 0.000850. The van der Waals surface area contributed by atoms with Gasteiger partial charge in [0.25, 0.3) is 5.91 Å². The number of amides is 2. The summed E-state index contributed by atoms with van der Waals surface area (Å²) in [5.74, 6) is -0.729. The van der Waals surface area contributed by atoms with Crippen LogP contribution < -0.4 is 0 Å². The van der Waals surface area contributed by atoms with Crippen LogP contribution in [-0.4, -0.2) is 52.8 Å². The number of piperazine rings is 1. The lowest BCUT2D eigenvalue weighted by atomic mass is 10.1. The normalized spacial score (nSPS) is 14.3. The lowest BCUT2D eigenvalue weighted by Crippen LogP contribution is -2.51. The third-order valence-corrected chi connectivity index (χ3v) is 6.67. The monoisotopic (exact) mass is 449 g/mol. The van der Waals surface area contributed by atoms with Crippen LogP contribution in [0.1, 0.15) is 16.1 Å². The Balaban J connectivity index is 1.33. The van der Waals surface area contributed by atoms with E-state index in [9.17, 15) is 14.0 Å². The van der Waals surface area contributed by atoms with Crippen LogP contribution in [0, 0.1) is 5.82 Å². The van der Waals surface area contributed by atoms with E-state index >= 15 is 0 Å². The first-order valence-corrected chi connectivity index (χ1v) is 11.2. The van der Waals surface area contributed by atoms with Crippen molar-refractivity contribution < 1.29 is 14.0 Å². The van der Waals surface area contributed by atoms with Crippen molar-refractivity contribution in [3.05, 3.63) is 62.5 Å². The maximum Gasteiger partial charge on any atom is 0.255 e. The molecule has 2 aromatic heterocycles. The van der Waals surface area contributed by atoms with Crippen molar-refractivity contribution in [2.45, 2.75) is 6.42 Å². The highest BCUT2D eigenvalue weighted by molar-refractivity contribution is 7.14. The molecule has 9 heteroatoms. The molecule has 0 spiro atoms. The molecule has 0 N–H and O–H groups in total. The summed E-state index contributed by atoms with van der Waals surface area (Å²) in [4.78, 5) is 33.2. The first-order valence-electron chi connectivity index (χ1n) is 9.00. The SMILES string of the molecule is O=C(Cc1csc(-c2ccsc2)n1)N1CCN(C(=O)c2ccc(F)cc2Cl)CC1. The molecule has 0 bridgehead atoms. The number of aromatic nitrogens is 1. The maximum atomic E-state index is 13.2. The highest BCUT2D eigenvalue weighted by atomic mass is 35.5. The van der Waals surface area contributed by atoms with Gasteiger partial charge < -0.3 is 9.80 Å². The standard InChI is InChI=1S/C20H17ClFN3O2S2/c21-17-9-14(22)1-2-16(17)20(27)25-6-4-24(5-7-25)18(26)10-15-12-29-19(23-15)13-3-8-28-11-13/h1-3,8-9,11-12H,4-7,10H2. The van der Waals surface area contributed by atoms with Gasteiger partial charge >= 0.3 is 0 Å². The van der Waals surface area contributed by atoms with Crippen LogP contribution >= 0.6 is 34.3 Å². The van der Waals surface area contributed by atoms with Gasteiger partial charge in [0.2, 0.25) is 5.91 Å². The topological polar surface area (TPSA) is 53.5 Å². The molecular weight excluding hydrogens is 433 g/mol. The molecule has 3 heterocycles. The maximum absolute atomic E-state index is 13.2. The number of hydrogen-bond donors (Lipinski definition) is 0. The van der Waals surface area contributed by atoms with Gasteiger partial charge in [-0.2, -0.15) is 11.3 Å². The van der Waals surface area contributed by atoms with Gasteiger partial charge in [0.15, 0.2) is 0 Å². The smallest absolute Gasteiger partial charge is 0.255 e. The Bertz CT molecular complexity index is 1030. The van der Waals surface area contributed by atoms with Crippen molar-refractivity contribution >= 4 is 46.1 Å². The number of benzene rings is 1. The van der Waals surface area contributed by atoms with Crippen LogP contribution in [0.5, 0.6) is 0 Å². The van der Waals surface area contributed by atoms with Crippen LogP contribution in [0.4, 0.5) is 4.39 Å². The molecule has 1 fully saturated rings. The predicted octanol–water partition coefficient (Wildman–Crippen LogP) is 4.19. The molecule has 0 atom stereocenters. The van der Waals surface area contributed by atoms with E-state index in [1.54, 1.807) is 21.1 Å². The molecule has 4 rings (SSSR count). The second-order valence-corrected chi connectivity index (χ2v) is 8.68. The van der Waals surface area contributed by atoms with Crippen molar-refractivity contribution in [3.8, 4) is 10.6 Å². The summed E-state index contributed by atoms with van der Waals surface area (Å²) in [7, 11) is 0. The fraction of sp³-hybridized carbons (Fsp3) is 0.250. The fourth-order valence-corrected chi connectivity index (χ4v) is 4.95. The summed E-state index contributed by atoms with van der Waals surface area (Å²) in [6, 6.07) is 5.76. The van der Waals surface area contributed by atoms with Gasteiger partial charge in [0, 0.05) is 42.5 Å². The third-order valence-electron chi connectivity index (χ3n) is 4.73. The van der Waals surface area contributed by atoms with Gasteiger partial charge in [0.1, 0.15) is 10.8 Å². The van der Waals surface area contributed by atoms with E-state index in [1.165, 1.54) is 23.5 Å². The molecule has 0 saturated carbocycles. The van der Waals surface area contributed by atoms with Crippen molar-refractivity contribution in [2.24, 2.45) is 0 Å². The number of carbonyl (C=O) groups excluding carboxylic acids is 2. The van der Waals surface area contributed by atoms with E-state index < -0.39 is 5.82 Å². The Morgan fingerprint density at radius 1 is 1.10 bits per heavy atom. The average Bonchev–Trinajstić information content (AvgIpc) is 3.39. The van der Waals surface area contributed by atoms with E-state index in [0.717, 1.165) is 22.3 Å². The van der Waals surface area contributed by atoms with E-state index in [1.807, 2.05) is 22.2 Å². The number of thiophene rings is 1. The zero-order valence-electron chi connectivity index (χ0n) is 15.3. The van der Waals surface area contributed by atoms with Crippen LogP contribution in [0.3, 0.4) is 0 Å². The second kappa shape index (κ2) is 8.61. The number of thiazole rings is 1. The largest absolute Gasteiger partial charge is 0.339 e. The molecule has 2 amide bonds. The minimum Gasteiger partial charge on any atom is -0.339 e. The number of carbonyl (C=O) groups is 2. The Labute approximate surface area is 180 Å². The van der Waals surface area contributed by atoms with E-state index in [0.29, 0.717) is 26.2 Å². The fourth-order valence-electron chi connectivity index (χ4n) is 3.17. The van der Waals surface area contributed by atoms with E-state index in [-0.39, 0.29) is 28.8 Å². The first kappa shape index (κ1) is 20.0. The van der Waals surface area contributed by atoms with Crippen molar-refractivity contribution in [3.63, 3.8) is 0 Å². The Hall–Kier alpha value is -2.29. The molecule has 29 heavy (non-hydrogen) atoms. The molecule has 1 aromatic carbocycles. The molecule has 150 valence electrons. The summed E-state index contributed by atoms with van der Waals surface area (Å²) >= 11 is 9.14. The van der Waals surface area contributed by atoms with E-state index in [4.69, 9.17) is 11.6 Å². The first-order chi connectivity index (χ1) is 14.0. The van der Waals surface area contributed by atoms with Crippen LogP contribution in [0.15, 0.2) is 40.4 Å². The van der Waals surface area contributed by atoms with Gasteiger partial charge in [-0.15, -0.1) is 11.3 Å². The lowest BCUT2D eigenvalue weighted by Gasteiger charge is -2.35. The Morgan fingerprint density at radius 3 is 2.55 bits per heavy atom. The van der Waals surface area contributed by atoms with Gasteiger partial charge in [-0.05, 0) is 29.6 Å². The molecule has 5 nitrogen and oxygen atoms in total. The number of halogens is 2. The Morgan fingerprint density at radius 2 is 1.86 bits per heavy atom. The zero-order chi connectivity index (χ0) is 20.4. The van der Waals surface area contributed by atoms with Gasteiger partial charge in [-0.25, -0.2) is 9.37 Å². The minimum atomic E-state index is -0.480. The summed E-state index contributed by atoms with van der Waals surface area (Å²) in [5, 5.41) is 6.97. The van der Waals surface area contributed by atoms with Gasteiger partial charge in [0.05, 0.1) is 22.7 Å². The summed E-state index contributed by atoms with van der Waals surface area (Å²) in [6.07, 6.45) is 0.248. The molecule has 0 aliphatic carbocycles. The number of rotatable bonds is 4. The number of nitrogens with zero attached hydrogens (tertiary/aromatic N) is 3. The molecule has 1 aliphatic rings. The highest BCUT2D eigenvalue weighted by Gasteiger charge is 2.26. The molecule has 3 aromatic rings. The highest BCUT2D eigenvalue weighted by Crippen LogP contribution is 2.26. The molecule has 1 aliphatic heterocycles. The predicted molar refractivity (Wildman–Crippen MR) is 113 cm³/mol. The second-order valence-electron chi connectivity index (χ2n) is 6.63. The quantitative estimate of drug-likeness (QED) is 0.600. The van der Waals surface area contributed by atoms with Crippen LogP contribution in [0.25, 0.3) is 10.6 Å². The summed E-state index contributed by atoms with van der Waals surface area (Å²) in [6.45, 7) is 1.72. The molecule has 0 radical (unpaired) electrons. The van der Waals surface area contributed by atoms with Crippen molar-refractivity contribution in [1.29, 1.82) is 0 Å². The summed E-state index contributed by atoms with van der Waals surface area (Å²) < 4.78 is 13.2. The lowest BCUT2D eigenvalue weighted by molar-refractivity contribution is -0.132. The molecule has 0 unspecified atom stereocenters. The number of hydrogen-bond acceptors (Lipinski definition) is 5. The Kier molecular flexibility index (Phi) is 5.94. The summed E-state index contributed by atoms with van der Waals surface area (Å²) in [5.41, 5.74) is 2.11. The third kappa shape index (κ3) is 4.49. The van der Waals surface area contributed by atoms with Gasteiger partial charge in [-0.3, -0.25) is 9.59 Å².